The summed E-state index contributed by atoms with van der Waals surface area (Å²) in [5.74, 6) is 0.699. The van der Waals surface area contributed by atoms with Crippen LogP contribution < -0.4 is 0 Å². The molecule has 0 saturated heterocycles. The van der Waals surface area contributed by atoms with Gasteiger partial charge in [-0.1, -0.05) is 109 Å². The first-order valence-corrected chi connectivity index (χ1v) is 12.5. The number of phenolic OH excluding ortho intramolecular Hbond substituents is 2. The second-order valence-electron chi connectivity index (χ2n) is 9.62. The molecule has 0 aliphatic carbocycles. The third-order valence-corrected chi connectivity index (χ3v) is 6.95. The van der Waals surface area contributed by atoms with Crippen LogP contribution in [0.15, 0.2) is 36.4 Å². The van der Waals surface area contributed by atoms with Gasteiger partial charge in [-0.15, -0.1) is 0 Å². The zero-order valence-electron chi connectivity index (χ0n) is 20.3. The molecule has 0 radical (unpaired) electrons. The van der Waals surface area contributed by atoms with Crippen LogP contribution in [0.3, 0.4) is 0 Å². The maximum Gasteiger partial charge on any atom is 0.118 e. The summed E-state index contributed by atoms with van der Waals surface area (Å²) in [4.78, 5) is 0. The van der Waals surface area contributed by atoms with E-state index in [0.717, 1.165) is 17.5 Å². The molecule has 0 aliphatic rings. The number of hydrogen-bond donors (Lipinski definition) is 2. The zero-order valence-corrected chi connectivity index (χ0v) is 20.3. The smallest absolute Gasteiger partial charge is 0.118 e. The molecule has 2 heteroatoms. The van der Waals surface area contributed by atoms with Crippen molar-refractivity contribution < 1.29 is 10.2 Å². The fourth-order valence-electron chi connectivity index (χ4n) is 4.60. The van der Waals surface area contributed by atoms with E-state index in [-0.39, 0.29) is 5.41 Å². The van der Waals surface area contributed by atoms with Gasteiger partial charge in [-0.25, -0.2) is 0 Å². The standard InChI is InChI=1S/C29H44O2/c1-5-6-7-8-9-10-11-12-13-14-15-20-29(4,25-16-18-27(30)23(2)21-25)26-17-19-28(31)24(3)22-26/h16-19,21-22,30-31H,5-15,20H2,1-4H3. The van der Waals surface area contributed by atoms with E-state index < -0.39 is 0 Å². The summed E-state index contributed by atoms with van der Waals surface area (Å²) in [6.45, 7) is 8.50. The quantitative estimate of drug-likeness (QED) is 0.298. The van der Waals surface area contributed by atoms with Crippen LogP contribution in [0.5, 0.6) is 11.5 Å². The van der Waals surface area contributed by atoms with Gasteiger partial charge in [-0.2, -0.15) is 0 Å². The van der Waals surface area contributed by atoms with Gasteiger partial charge < -0.3 is 10.2 Å². The number of rotatable bonds is 14. The molecular formula is C29H44O2. The van der Waals surface area contributed by atoms with E-state index >= 15 is 0 Å². The second kappa shape index (κ2) is 12.8. The Morgan fingerprint density at radius 3 is 1.39 bits per heavy atom. The van der Waals surface area contributed by atoms with Crippen LogP contribution in [0, 0.1) is 13.8 Å². The Morgan fingerprint density at radius 1 is 0.613 bits per heavy atom. The molecule has 2 aromatic carbocycles. The maximum atomic E-state index is 10.0. The Hall–Kier alpha value is -1.96. The van der Waals surface area contributed by atoms with Crippen molar-refractivity contribution in [2.45, 2.75) is 110 Å². The van der Waals surface area contributed by atoms with Crippen molar-refractivity contribution in [3.05, 3.63) is 58.7 Å². The van der Waals surface area contributed by atoms with Gasteiger partial charge in [0.25, 0.3) is 0 Å². The third-order valence-electron chi connectivity index (χ3n) is 6.95. The predicted octanol–water partition coefficient (Wildman–Crippen LogP) is 8.72. The number of hydrogen-bond acceptors (Lipinski definition) is 2. The summed E-state index contributed by atoms with van der Waals surface area (Å²) < 4.78 is 0. The van der Waals surface area contributed by atoms with Crippen LogP contribution in [-0.2, 0) is 5.41 Å². The van der Waals surface area contributed by atoms with Crippen molar-refractivity contribution in [1.82, 2.24) is 0 Å². The third kappa shape index (κ3) is 7.59. The minimum atomic E-state index is -0.129. The molecule has 2 aromatic rings. The van der Waals surface area contributed by atoms with Crippen LogP contribution in [0.4, 0.5) is 0 Å². The fourth-order valence-corrected chi connectivity index (χ4v) is 4.60. The normalized spacial score (nSPS) is 11.7. The minimum absolute atomic E-state index is 0.129. The first-order valence-electron chi connectivity index (χ1n) is 12.5. The van der Waals surface area contributed by atoms with E-state index in [0.29, 0.717) is 11.5 Å². The van der Waals surface area contributed by atoms with Crippen LogP contribution in [0.25, 0.3) is 0 Å². The van der Waals surface area contributed by atoms with Gasteiger partial charge in [-0.05, 0) is 54.7 Å². The van der Waals surface area contributed by atoms with Crippen molar-refractivity contribution >= 4 is 0 Å². The van der Waals surface area contributed by atoms with Crippen LogP contribution in [-0.4, -0.2) is 10.2 Å². The van der Waals surface area contributed by atoms with E-state index in [2.05, 4.69) is 38.1 Å². The lowest BCUT2D eigenvalue weighted by atomic mass is 9.72. The van der Waals surface area contributed by atoms with E-state index in [1.54, 1.807) is 0 Å². The highest BCUT2D eigenvalue weighted by molar-refractivity contribution is 5.47. The molecule has 31 heavy (non-hydrogen) atoms. The first-order chi connectivity index (χ1) is 14.9. The van der Waals surface area contributed by atoms with E-state index in [9.17, 15) is 10.2 Å². The van der Waals surface area contributed by atoms with Crippen molar-refractivity contribution in [3.63, 3.8) is 0 Å². The number of aryl methyl sites for hydroxylation is 2. The van der Waals surface area contributed by atoms with Crippen LogP contribution in [0.2, 0.25) is 0 Å². The number of unbranched alkanes of at least 4 members (excludes halogenated alkanes) is 10. The summed E-state index contributed by atoms with van der Waals surface area (Å²) in [6.07, 6.45) is 15.9. The van der Waals surface area contributed by atoms with E-state index in [1.807, 2.05) is 26.0 Å². The predicted molar refractivity (Wildman–Crippen MR) is 133 cm³/mol. The fraction of sp³-hybridized carbons (Fsp3) is 0.586. The molecule has 172 valence electrons. The maximum absolute atomic E-state index is 10.0. The molecule has 0 saturated carbocycles. The average molecular weight is 425 g/mol. The second-order valence-corrected chi connectivity index (χ2v) is 9.62. The van der Waals surface area contributed by atoms with Gasteiger partial charge >= 0.3 is 0 Å². The van der Waals surface area contributed by atoms with Crippen molar-refractivity contribution in [1.29, 1.82) is 0 Å². The monoisotopic (exact) mass is 424 g/mol. The molecule has 0 unspecified atom stereocenters. The molecule has 2 rings (SSSR count). The van der Waals surface area contributed by atoms with Crippen molar-refractivity contribution in [2.75, 3.05) is 0 Å². The van der Waals surface area contributed by atoms with Gasteiger partial charge in [0, 0.05) is 5.41 Å². The molecule has 0 amide bonds. The van der Waals surface area contributed by atoms with Gasteiger partial charge in [0.1, 0.15) is 11.5 Å². The highest BCUT2D eigenvalue weighted by Crippen LogP contribution is 2.40. The van der Waals surface area contributed by atoms with Gasteiger partial charge in [0.2, 0.25) is 0 Å². The van der Waals surface area contributed by atoms with E-state index in [4.69, 9.17) is 0 Å². The zero-order chi connectivity index (χ0) is 22.7. The Morgan fingerprint density at radius 2 is 1.00 bits per heavy atom. The van der Waals surface area contributed by atoms with Gasteiger partial charge in [-0.3, -0.25) is 0 Å². The molecular weight excluding hydrogens is 380 g/mol. The number of aromatic hydroxyl groups is 2. The van der Waals surface area contributed by atoms with Crippen molar-refractivity contribution in [3.8, 4) is 11.5 Å². The lowest BCUT2D eigenvalue weighted by Crippen LogP contribution is -2.24. The molecule has 2 nitrogen and oxygen atoms in total. The Labute approximate surface area is 190 Å². The number of benzene rings is 2. The summed E-state index contributed by atoms with van der Waals surface area (Å²) in [7, 11) is 0. The van der Waals surface area contributed by atoms with Crippen molar-refractivity contribution in [2.24, 2.45) is 0 Å². The highest BCUT2D eigenvalue weighted by atomic mass is 16.3. The molecule has 0 aliphatic heterocycles. The molecule has 0 spiro atoms. The Bertz CT molecular complexity index is 742. The van der Waals surface area contributed by atoms with Gasteiger partial charge in [0.15, 0.2) is 0 Å². The number of phenols is 2. The van der Waals surface area contributed by atoms with Crippen LogP contribution >= 0.6 is 0 Å². The summed E-state index contributed by atoms with van der Waals surface area (Å²) >= 11 is 0. The molecule has 0 atom stereocenters. The Kier molecular flexibility index (Phi) is 10.4. The summed E-state index contributed by atoms with van der Waals surface area (Å²) in [5, 5.41) is 20.0. The minimum Gasteiger partial charge on any atom is -0.508 e. The SMILES string of the molecule is CCCCCCCCCCCCCC(C)(c1ccc(O)c(C)c1)c1ccc(O)c(C)c1. The molecule has 0 heterocycles. The first kappa shape index (κ1) is 25.3. The summed E-state index contributed by atoms with van der Waals surface area (Å²) in [6, 6.07) is 12.0. The highest BCUT2D eigenvalue weighted by Gasteiger charge is 2.29. The molecule has 0 fully saturated rings. The Balaban J connectivity index is 1.93. The largest absolute Gasteiger partial charge is 0.508 e. The topological polar surface area (TPSA) is 40.5 Å². The average Bonchev–Trinajstić information content (AvgIpc) is 2.75. The van der Waals surface area contributed by atoms with Gasteiger partial charge in [0.05, 0.1) is 0 Å². The lowest BCUT2D eigenvalue weighted by molar-refractivity contribution is 0.456. The lowest BCUT2D eigenvalue weighted by Gasteiger charge is -2.32. The van der Waals surface area contributed by atoms with E-state index in [1.165, 1.54) is 81.8 Å². The molecule has 0 aromatic heterocycles. The molecule has 0 bridgehead atoms. The van der Waals surface area contributed by atoms with Crippen LogP contribution in [0.1, 0.15) is 113 Å². The summed E-state index contributed by atoms with van der Waals surface area (Å²) in [5.41, 5.74) is 4.17. The molecule has 2 N–H and O–H groups in total.